The topological polar surface area (TPSA) is 17.3 Å². The Morgan fingerprint density at radius 2 is 1.76 bits per heavy atom. The first-order valence-electron chi connectivity index (χ1n) is 9.10. The van der Waals surface area contributed by atoms with Crippen LogP contribution in [0.25, 0.3) is 11.3 Å². The number of hydrogen-bond donors (Lipinski definition) is 0. The first kappa shape index (κ1) is 16.3. The minimum atomic E-state index is 0.574. The predicted octanol–water partition coefficient (Wildman–Crippen LogP) is 6.18. The van der Waals surface area contributed by atoms with Crippen molar-refractivity contribution in [2.45, 2.75) is 45.6 Å². The molecule has 2 nitrogen and oxygen atoms in total. The van der Waals surface area contributed by atoms with Gasteiger partial charge in [-0.05, 0) is 49.4 Å². The molecular formula is C22H24N2S. The van der Waals surface area contributed by atoms with Gasteiger partial charge in [-0.1, -0.05) is 55.3 Å². The van der Waals surface area contributed by atoms with Crippen LogP contribution in [0.4, 0.5) is 5.69 Å². The Labute approximate surface area is 153 Å². The largest absolute Gasteiger partial charge is 0.313 e. The maximum atomic E-state index is 5.07. The Morgan fingerprint density at radius 1 is 1.00 bits per heavy atom. The summed E-state index contributed by atoms with van der Waals surface area (Å²) >= 11 is 1.76. The van der Waals surface area contributed by atoms with Crippen molar-refractivity contribution in [1.29, 1.82) is 0 Å². The highest BCUT2D eigenvalue weighted by Gasteiger charge is 2.21. The fourth-order valence-electron chi connectivity index (χ4n) is 3.68. The molecule has 0 saturated heterocycles. The second kappa shape index (κ2) is 7.01. The minimum absolute atomic E-state index is 0.574. The quantitative estimate of drug-likeness (QED) is 0.538. The average molecular weight is 349 g/mol. The zero-order chi connectivity index (χ0) is 17.2. The predicted molar refractivity (Wildman–Crippen MR) is 106 cm³/mol. The van der Waals surface area contributed by atoms with Crippen molar-refractivity contribution in [3.8, 4) is 11.3 Å². The minimum Gasteiger partial charge on any atom is -0.313 e. The van der Waals surface area contributed by atoms with Crippen LogP contribution in [0.3, 0.4) is 0 Å². The van der Waals surface area contributed by atoms with Gasteiger partial charge in [-0.25, -0.2) is 4.99 Å². The lowest BCUT2D eigenvalue weighted by atomic mass is 10.1. The lowest BCUT2D eigenvalue weighted by Crippen LogP contribution is -2.20. The molecule has 0 amide bonds. The molecule has 0 atom stereocenters. The smallest absolute Gasteiger partial charge is 0.190 e. The summed E-state index contributed by atoms with van der Waals surface area (Å²) in [6, 6.07) is 17.8. The van der Waals surface area contributed by atoms with Crippen LogP contribution in [0.1, 0.15) is 42.9 Å². The van der Waals surface area contributed by atoms with E-state index in [1.165, 1.54) is 48.1 Å². The molecule has 1 aliphatic carbocycles. The monoisotopic (exact) mass is 348 g/mol. The summed E-state index contributed by atoms with van der Waals surface area (Å²) in [6.45, 7) is 4.28. The highest BCUT2D eigenvalue weighted by Crippen LogP contribution is 2.33. The standard InChI is InChI=1S/C22H24N2S/c1-16-12-13-17(2)20(14-16)23-22-24(19-10-6-7-11-19)21(15-25-22)18-8-4-3-5-9-18/h3-5,8-9,12-15,19H,6-7,10-11H2,1-2H3. The number of aromatic nitrogens is 1. The molecule has 0 bridgehead atoms. The second-order valence-electron chi connectivity index (χ2n) is 6.98. The summed E-state index contributed by atoms with van der Waals surface area (Å²) in [6.07, 6.45) is 5.17. The van der Waals surface area contributed by atoms with Crippen LogP contribution in [-0.4, -0.2) is 4.57 Å². The summed E-state index contributed by atoms with van der Waals surface area (Å²) in [5, 5.41) is 2.28. The summed E-state index contributed by atoms with van der Waals surface area (Å²) < 4.78 is 2.49. The van der Waals surface area contributed by atoms with Gasteiger partial charge >= 0.3 is 0 Å². The number of nitrogens with zero attached hydrogens (tertiary/aromatic N) is 2. The molecule has 0 unspecified atom stereocenters. The Kier molecular flexibility index (Phi) is 4.58. The molecule has 128 valence electrons. The molecular weight excluding hydrogens is 324 g/mol. The van der Waals surface area contributed by atoms with E-state index in [2.05, 4.69) is 72.3 Å². The van der Waals surface area contributed by atoms with E-state index in [0.29, 0.717) is 6.04 Å². The highest BCUT2D eigenvalue weighted by molar-refractivity contribution is 7.07. The van der Waals surface area contributed by atoms with Crippen LogP contribution in [-0.2, 0) is 0 Å². The van der Waals surface area contributed by atoms with Crippen molar-refractivity contribution >= 4 is 17.0 Å². The van der Waals surface area contributed by atoms with Crippen molar-refractivity contribution in [3.63, 3.8) is 0 Å². The van der Waals surface area contributed by atoms with Crippen LogP contribution >= 0.6 is 11.3 Å². The molecule has 4 rings (SSSR count). The lowest BCUT2D eigenvalue weighted by Gasteiger charge is -2.16. The van der Waals surface area contributed by atoms with Crippen LogP contribution in [0, 0.1) is 13.8 Å². The van der Waals surface area contributed by atoms with E-state index in [9.17, 15) is 0 Å². The zero-order valence-corrected chi connectivity index (χ0v) is 15.7. The molecule has 0 aliphatic heterocycles. The van der Waals surface area contributed by atoms with Crippen molar-refractivity contribution < 1.29 is 0 Å². The third-order valence-corrected chi connectivity index (χ3v) is 5.92. The van der Waals surface area contributed by atoms with Gasteiger partial charge in [0.2, 0.25) is 0 Å². The van der Waals surface area contributed by atoms with Gasteiger partial charge in [-0.15, -0.1) is 11.3 Å². The Bertz CT molecular complexity index is 928. The number of thiazole rings is 1. The van der Waals surface area contributed by atoms with E-state index in [0.717, 1.165) is 10.5 Å². The molecule has 1 aliphatic rings. The molecule has 1 aromatic heterocycles. The van der Waals surface area contributed by atoms with Crippen molar-refractivity contribution in [2.75, 3.05) is 0 Å². The summed E-state index contributed by atoms with van der Waals surface area (Å²) in [7, 11) is 0. The first-order chi connectivity index (χ1) is 12.2. The van der Waals surface area contributed by atoms with Crippen molar-refractivity contribution in [1.82, 2.24) is 4.57 Å². The molecule has 1 fully saturated rings. The Morgan fingerprint density at radius 3 is 2.52 bits per heavy atom. The Hall–Kier alpha value is -2.13. The van der Waals surface area contributed by atoms with Gasteiger partial charge in [0.05, 0.1) is 11.4 Å². The average Bonchev–Trinajstić information content (AvgIpc) is 3.28. The SMILES string of the molecule is Cc1ccc(C)c(N=c2scc(-c3ccccc3)n2C2CCCC2)c1. The summed E-state index contributed by atoms with van der Waals surface area (Å²) in [4.78, 5) is 6.20. The number of aryl methyl sites for hydroxylation is 2. The van der Waals surface area contributed by atoms with E-state index in [1.54, 1.807) is 11.3 Å². The molecule has 3 heteroatoms. The van der Waals surface area contributed by atoms with Gasteiger partial charge in [-0.2, -0.15) is 0 Å². The van der Waals surface area contributed by atoms with Gasteiger partial charge in [0.1, 0.15) is 0 Å². The van der Waals surface area contributed by atoms with Gasteiger partial charge < -0.3 is 4.57 Å². The maximum Gasteiger partial charge on any atom is 0.190 e. The van der Waals surface area contributed by atoms with Gasteiger partial charge in [0.25, 0.3) is 0 Å². The molecule has 0 N–H and O–H groups in total. The third-order valence-electron chi connectivity index (χ3n) is 5.08. The van der Waals surface area contributed by atoms with E-state index >= 15 is 0 Å². The zero-order valence-electron chi connectivity index (χ0n) is 14.9. The van der Waals surface area contributed by atoms with Gasteiger partial charge in [0, 0.05) is 11.4 Å². The van der Waals surface area contributed by atoms with Crippen LogP contribution in [0.15, 0.2) is 58.9 Å². The first-order valence-corrected chi connectivity index (χ1v) is 9.98. The normalized spacial score (nSPS) is 15.8. The van der Waals surface area contributed by atoms with Gasteiger partial charge in [0.15, 0.2) is 4.80 Å². The molecule has 1 heterocycles. The summed E-state index contributed by atoms with van der Waals surface area (Å²) in [5.41, 5.74) is 6.18. The molecule has 0 radical (unpaired) electrons. The third kappa shape index (κ3) is 3.34. The number of hydrogen-bond acceptors (Lipinski definition) is 2. The van der Waals surface area contributed by atoms with Crippen LogP contribution in [0.2, 0.25) is 0 Å². The molecule has 2 aromatic carbocycles. The van der Waals surface area contributed by atoms with E-state index < -0.39 is 0 Å². The van der Waals surface area contributed by atoms with E-state index in [4.69, 9.17) is 4.99 Å². The van der Waals surface area contributed by atoms with Gasteiger partial charge in [-0.3, -0.25) is 0 Å². The molecule has 0 spiro atoms. The molecule has 3 aromatic rings. The lowest BCUT2D eigenvalue weighted by molar-refractivity contribution is 0.512. The fourth-order valence-corrected chi connectivity index (χ4v) is 4.66. The van der Waals surface area contributed by atoms with Crippen LogP contribution < -0.4 is 4.80 Å². The Balaban J connectivity index is 1.89. The summed E-state index contributed by atoms with van der Waals surface area (Å²) in [5.74, 6) is 0. The van der Waals surface area contributed by atoms with E-state index in [1.807, 2.05) is 0 Å². The van der Waals surface area contributed by atoms with Crippen LogP contribution in [0.5, 0.6) is 0 Å². The fraction of sp³-hybridized carbons (Fsp3) is 0.318. The van der Waals surface area contributed by atoms with Crippen molar-refractivity contribution in [2.24, 2.45) is 4.99 Å². The molecule has 25 heavy (non-hydrogen) atoms. The second-order valence-corrected chi connectivity index (χ2v) is 7.82. The van der Waals surface area contributed by atoms with Crippen molar-refractivity contribution in [3.05, 3.63) is 69.8 Å². The molecule has 1 saturated carbocycles. The maximum absolute atomic E-state index is 5.07. The number of benzene rings is 2. The van der Waals surface area contributed by atoms with E-state index in [-0.39, 0.29) is 0 Å². The number of rotatable bonds is 3. The highest BCUT2D eigenvalue weighted by atomic mass is 32.1.